The first-order valence-corrected chi connectivity index (χ1v) is 12.2. The molecule has 2 aromatic carbocycles. The Balaban J connectivity index is 1.27. The number of nitrogens with zero attached hydrogens (tertiary/aromatic N) is 4. The number of amides is 1. The normalized spacial score (nSPS) is 16.4. The molecule has 0 unspecified atom stereocenters. The quantitative estimate of drug-likeness (QED) is 0.140. The van der Waals surface area contributed by atoms with Crippen LogP contribution in [0.1, 0.15) is 19.4 Å². The number of nitrogens with two attached hydrogens (primary N) is 1. The number of thiazole rings is 1. The van der Waals surface area contributed by atoms with E-state index in [4.69, 9.17) is 15.3 Å². The van der Waals surface area contributed by atoms with Crippen LogP contribution in [-0.2, 0) is 16.1 Å². The van der Waals surface area contributed by atoms with E-state index in [0.717, 1.165) is 51.9 Å². The first-order chi connectivity index (χ1) is 16.9. The molecule has 2 aliphatic rings. The number of piperazine rings is 1. The predicted molar refractivity (Wildman–Crippen MR) is 134 cm³/mol. The number of ether oxygens (including phenoxy) is 2. The molecule has 0 aliphatic carbocycles. The van der Waals surface area contributed by atoms with E-state index in [1.807, 2.05) is 43.3 Å². The number of hydrogen-bond donors (Lipinski definition) is 1. The number of ketones is 1. The summed E-state index contributed by atoms with van der Waals surface area (Å²) in [6.45, 7) is 7.27. The van der Waals surface area contributed by atoms with Crippen LogP contribution < -0.4 is 20.3 Å². The van der Waals surface area contributed by atoms with Gasteiger partial charge in [-0.1, -0.05) is 29.5 Å². The standard InChI is InChI=1S/C25H27N5O4S/c1-16(23(17(2)31)24(32)30(26)25-27-19-5-3-4-6-22(19)35-25)29-11-9-28(10-12-29)14-18-7-8-20-21(13-18)34-15-33-20/h3-8,13H,9-12,14-15,26H2,1-2H3/b23-16-. The average Bonchev–Trinajstić information content (AvgIpc) is 3.50. The zero-order valence-corrected chi connectivity index (χ0v) is 20.5. The highest BCUT2D eigenvalue weighted by Gasteiger charge is 2.28. The number of Topliss-reactive ketones (excluding diaryl/α,β-unsaturated/α-hetero) is 1. The smallest absolute Gasteiger partial charge is 0.279 e. The number of carbonyl (C=O) groups excluding carboxylic acids is 2. The molecule has 0 bridgehead atoms. The third-order valence-corrected chi connectivity index (χ3v) is 7.36. The van der Waals surface area contributed by atoms with Gasteiger partial charge < -0.3 is 14.4 Å². The highest BCUT2D eigenvalue weighted by molar-refractivity contribution is 7.22. The van der Waals surface area contributed by atoms with Crippen LogP contribution >= 0.6 is 11.3 Å². The van der Waals surface area contributed by atoms with Crippen LogP contribution in [0.4, 0.5) is 5.13 Å². The zero-order valence-electron chi connectivity index (χ0n) is 19.7. The number of carbonyl (C=O) groups is 2. The molecule has 1 amide bonds. The van der Waals surface area contributed by atoms with Crippen molar-refractivity contribution in [1.82, 2.24) is 14.8 Å². The maximum absolute atomic E-state index is 13.3. The summed E-state index contributed by atoms with van der Waals surface area (Å²) in [7, 11) is 0. The third kappa shape index (κ3) is 4.72. The number of allylic oxidation sites excluding steroid dienone is 1. The van der Waals surface area contributed by atoms with Crippen LogP contribution in [0.2, 0.25) is 0 Å². The van der Waals surface area contributed by atoms with Crippen molar-refractivity contribution in [2.75, 3.05) is 38.0 Å². The Morgan fingerprint density at radius 1 is 1.06 bits per heavy atom. The molecule has 10 heteroatoms. The van der Waals surface area contributed by atoms with E-state index in [9.17, 15) is 9.59 Å². The first kappa shape index (κ1) is 23.3. The van der Waals surface area contributed by atoms with Gasteiger partial charge in [-0.25, -0.2) is 15.8 Å². The van der Waals surface area contributed by atoms with Crippen molar-refractivity contribution < 1.29 is 19.1 Å². The van der Waals surface area contributed by atoms with Gasteiger partial charge in [-0.2, -0.15) is 0 Å². The van der Waals surface area contributed by atoms with Gasteiger partial charge in [0, 0.05) is 38.4 Å². The van der Waals surface area contributed by atoms with E-state index in [1.54, 1.807) is 0 Å². The van der Waals surface area contributed by atoms with E-state index in [-0.39, 0.29) is 18.1 Å². The van der Waals surface area contributed by atoms with Crippen LogP contribution in [0, 0.1) is 0 Å². The molecule has 3 heterocycles. The van der Waals surface area contributed by atoms with Gasteiger partial charge in [-0.05, 0) is 43.7 Å². The number of fused-ring (bicyclic) bond motifs is 2. The number of hydrazine groups is 1. The molecular weight excluding hydrogens is 466 g/mol. The lowest BCUT2D eigenvalue weighted by Crippen LogP contribution is -2.47. The van der Waals surface area contributed by atoms with Crippen molar-refractivity contribution >= 4 is 38.4 Å². The molecule has 2 N–H and O–H groups in total. The topological polar surface area (TPSA) is 101 Å². The fourth-order valence-electron chi connectivity index (χ4n) is 4.43. The number of hydrogen-bond acceptors (Lipinski definition) is 9. The van der Waals surface area contributed by atoms with Crippen molar-refractivity contribution in [2.24, 2.45) is 5.84 Å². The number of para-hydroxylation sites is 1. The SMILES string of the molecule is CC(=O)/C(C(=O)N(N)c1nc2ccccc2s1)=C(\C)N1CCN(Cc2ccc3c(c2)OCO3)CC1. The molecule has 1 saturated heterocycles. The summed E-state index contributed by atoms with van der Waals surface area (Å²) < 4.78 is 11.8. The lowest BCUT2D eigenvalue weighted by molar-refractivity contribution is -0.120. The fraction of sp³-hybridized carbons (Fsp3) is 0.320. The summed E-state index contributed by atoms with van der Waals surface area (Å²) >= 11 is 1.32. The summed E-state index contributed by atoms with van der Waals surface area (Å²) in [5.74, 6) is 6.86. The Labute approximate surface area is 207 Å². The van der Waals surface area contributed by atoms with E-state index >= 15 is 0 Å². The van der Waals surface area contributed by atoms with E-state index in [1.165, 1.54) is 18.3 Å². The van der Waals surface area contributed by atoms with Crippen molar-refractivity contribution in [3.63, 3.8) is 0 Å². The summed E-state index contributed by atoms with van der Waals surface area (Å²) in [5.41, 5.74) is 2.65. The van der Waals surface area contributed by atoms with Crippen LogP contribution in [0.25, 0.3) is 10.2 Å². The van der Waals surface area contributed by atoms with Gasteiger partial charge in [0.1, 0.15) is 5.57 Å². The zero-order chi connectivity index (χ0) is 24.5. The molecule has 0 spiro atoms. The first-order valence-electron chi connectivity index (χ1n) is 11.4. The fourth-order valence-corrected chi connectivity index (χ4v) is 5.31. The van der Waals surface area contributed by atoms with Crippen molar-refractivity contribution in [3.05, 3.63) is 59.3 Å². The maximum atomic E-state index is 13.3. The summed E-state index contributed by atoms with van der Waals surface area (Å²) in [6.07, 6.45) is 0. The molecule has 0 atom stereocenters. The van der Waals surface area contributed by atoms with Gasteiger partial charge in [0.05, 0.1) is 10.2 Å². The largest absolute Gasteiger partial charge is 0.454 e. The second-order valence-corrected chi connectivity index (χ2v) is 9.62. The van der Waals surface area contributed by atoms with Crippen molar-refractivity contribution in [1.29, 1.82) is 0 Å². The van der Waals surface area contributed by atoms with Crippen molar-refractivity contribution in [3.8, 4) is 11.5 Å². The lowest BCUT2D eigenvalue weighted by Gasteiger charge is -2.37. The molecular formula is C25H27N5O4S. The van der Waals surface area contributed by atoms with Gasteiger partial charge in [0.2, 0.25) is 11.9 Å². The molecule has 2 aliphatic heterocycles. The van der Waals surface area contributed by atoms with Gasteiger partial charge in [-0.3, -0.25) is 14.5 Å². The second-order valence-electron chi connectivity index (χ2n) is 8.61. The van der Waals surface area contributed by atoms with Crippen LogP contribution in [0.15, 0.2) is 53.7 Å². The van der Waals surface area contributed by atoms with E-state index in [0.29, 0.717) is 23.9 Å². The number of rotatable bonds is 6. The van der Waals surface area contributed by atoms with Gasteiger partial charge in [0.15, 0.2) is 17.3 Å². The number of aromatic nitrogens is 1. The Hall–Kier alpha value is -3.47. The van der Waals surface area contributed by atoms with E-state index < -0.39 is 5.91 Å². The minimum atomic E-state index is -0.545. The summed E-state index contributed by atoms with van der Waals surface area (Å²) in [5, 5.41) is 1.34. The van der Waals surface area contributed by atoms with Gasteiger partial charge in [-0.15, -0.1) is 0 Å². The maximum Gasteiger partial charge on any atom is 0.279 e. The molecule has 0 saturated carbocycles. The molecule has 0 radical (unpaired) electrons. The number of anilines is 1. The van der Waals surface area contributed by atoms with Crippen molar-refractivity contribution in [2.45, 2.75) is 20.4 Å². The minimum absolute atomic E-state index is 0.0935. The predicted octanol–water partition coefficient (Wildman–Crippen LogP) is 2.91. The van der Waals surface area contributed by atoms with Crippen LogP contribution in [-0.4, -0.2) is 59.4 Å². The molecule has 35 heavy (non-hydrogen) atoms. The molecule has 1 fully saturated rings. The second kappa shape index (κ2) is 9.65. The highest BCUT2D eigenvalue weighted by Crippen LogP contribution is 2.33. The Bertz CT molecular complexity index is 1280. The Morgan fingerprint density at radius 3 is 2.54 bits per heavy atom. The molecule has 9 nitrogen and oxygen atoms in total. The lowest BCUT2D eigenvalue weighted by atomic mass is 10.1. The monoisotopic (exact) mass is 493 g/mol. The third-order valence-electron chi connectivity index (χ3n) is 6.33. The average molecular weight is 494 g/mol. The highest BCUT2D eigenvalue weighted by atomic mass is 32.1. The summed E-state index contributed by atoms with van der Waals surface area (Å²) in [4.78, 5) is 34.7. The van der Waals surface area contributed by atoms with Gasteiger partial charge >= 0.3 is 0 Å². The Kier molecular flexibility index (Phi) is 6.42. The molecule has 182 valence electrons. The molecule has 5 rings (SSSR count). The van der Waals surface area contributed by atoms with E-state index in [2.05, 4.69) is 20.9 Å². The minimum Gasteiger partial charge on any atom is -0.454 e. The molecule has 1 aromatic heterocycles. The molecule has 3 aromatic rings. The van der Waals surface area contributed by atoms with Crippen LogP contribution in [0.3, 0.4) is 0 Å². The Morgan fingerprint density at radius 2 is 1.80 bits per heavy atom. The van der Waals surface area contributed by atoms with Gasteiger partial charge in [0.25, 0.3) is 5.91 Å². The van der Waals surface area contributed by atoms with Crippen LogP contribution in [0.5, 0.6) is 11.5 Å². The summed E-state index contributed by atoms with van der Waals surface area (Å²) in [6, 6.07) is 13.6. The number of benzene rings is 2.